The Bertz CT molecular complexity index is 1030. The molecule has 6 nitrogen and oxygen atoms in total. The highest BCUT2D eigenvalue weighted by atomic mass is 16.5. The first-order valence-corrected chi connectivity index (χ1v) is 10.7. The van der Waals surface area contributed by atoms with Crippen LogP contribution in [0.15, 0.2) is 54.9 Å². The summed E-state index contributed by atoms with van der Waals surface area (Å²) in [4.78, 5) is 24.7. The third kappa shape index (κ3) is 4.06. The molecule has 1 saturated carbocycles. The van der Waals surface area contributed by atoms with Crippen molar-refractivity contribution in [3.63, 3.8) is 0 Å². The fourth-order valence-electron chi connectivity index (χ4n) is 4.18. The molecule has 1 N–H and O–H groups in total. The van der Waals surface area contributed by atoms with Gasteiger partial charge in [0.05, 0.1) is 30.3 Å². The number of carbonyl (C=O) groups excluding carboxylic acids is 1. The molecule has 5 rings (SSSR count). The molecule has 1 saturated heterocycles. The Labute approximate surface area is 176 Å². The smallest absolute Gasteiger partial charge is 0.252 e. The first-order valence-electron chi connectivity index (χ1n) is 10.7. The molecule has 1 aliphatic carbocycles. The van der Waals surface area contributed by atoms with E-state index in [4.69, 9.17) is 9.72 Å². The number of fused-ring (bicyclic) bond motifs is 1. The third-order valence-electron chi connectivity index (χ3n) is 5.99. The van der Waals surface area contributed by atoms with Crippen LogP contribution in [-0.2, 0) is 4.74 Å². The van der Waals surface area contributed by atoms with Gasteiger partial charge < -0.3 is 10.1 Å². The number of morpholine rings is 1. The summed E-state index contributed by atoms with van der Waals surface area (Å²) in [6.45, 7) is 3.65. The number of para-hydroxylation sites is 1. The van der Waals surface area contributed by atoms with Crippen LogP contribution < -0.4 is 5.32 Å². The quantitative estimate of drug-likeness (QED) is 0.685. The number of pyridine rings is 2. The summed E-state index contributed by atoms with van der Waals surface area (Å²) in [6, 6.07) is 14.0. The van der Waals surface area contributed by atoms with E-state index in [9.17, 15) is 4.79 Å². The van der Waals surface area contributed by atoms with Crippen molar-refractivity contribution >= 4 is 16.8 Å². The molecule has 0 spiro atoms. The molecule has 1 aromatic carbocycles. The predicted molar refractivity (Wildman–Crippen MR) is 115 cm³/mol. The molecular weight excluding hydrogens is 376 g/mol. The number of carbonyl (C=O) groups is 1. The maximum Gasteiger partial charge on any atom is 0.252 e. The van der Waals surface area contributed by atoms with Gasteiger partial charge in [0.25, 0.3) is 5.91 Å². The monoisotopic (exact) mass is 402 g/mol. The number of hydrogen-bond acceptors (Lipinski definition) is 5. The molecular formula is C24H26N4O2. The van der Waals surface area contributed by atoms with E-state index in [1.54, 1.807) is 6.20 Å². The second-order valence-corrected chi connectivity index (χ2v) is 8.05. The molecule has 30 heavy (non-hydrogen) atoms. The minimum atomic E-state index is -0.0438. The van der Waals surface area contributed by atoms with Gasteiger partial charge in [0.1, 0.15) is 0 Å². The highest BCUT2D eigenvalue weighted by Crippen LogP contribution is 2.40. The van der Waals surface area contributed by atoms with E-state index in [0.29, 0.717) is 25.7 Å². The number of aromatic nitrogens is 2. The molecule has 1 unspecified atom stereocenters. The summed E-state index contributed by atoms with van der Waals surface area (Å²) in [5, 5.41) is 4.10. The van der Waals surface area contributed by atoms with Crippen molar-refractivity contribution in [2.24, 2.45) is 0 Å². The van der Waals surface area contributed by atoms with Gasteiger partial charge in [-0.3, -0.25) is 19.7 Å². The van der Waals surface area contributed by atoms with Gasteiger partial charge in [0.15, 0.2) is 0 Å². The van der Waals surface area contributed by atoms with Crippen molar-refractivity contribution in [3.05, 3.63) is 71.7 Å². The van der Waals surface area contributed by atoms with Gasteiger partial charge in [-0.2, -0.15) is 0 Å². The summed E-state index contributed by atoms with van der Waals surface area (Å²) in [5.74, 6) is 0.454. The Morgan fingerprint density at radius 2 is 2.00 bits per heavy atom. The normalized spacial score (nSPS) is 18.3. The van der Waals surface area contributed by atoms with Gasteiger partial charge in [-0.1, -0.05) is 24.3 Å². The van der Waals surface area contributed by atoms with Crippen molar-refractivity contribution in [3.8, 4) is 0 Å². The lowest BCUT2D eigenvalue weighted by atomic mass is 10.0. The zero-order valence-corrected chi connectivity index (χ0v) is 17.0. The first kappa shape index (κ1) is 19.2. The fourth-order valence-corrected chi connectivity index (χ4v) is 4.18. The fraction of sp³-hybridized carbons (Fsp3) is 0.375. The van der Waals surface area contributed by atoms with E-state index in [-0.39, 0.29) is 11.9 Å². The number of benzene rings is 1. The Balaban J connectivity index is 1.40. The Kier molecular flexibility index (Phi) is 5.43. The minimum Gasteiger partial charge on any atom is -0.379 e. The number of amides is 1. The number of nitrogens with one attached hydrogen (secondary N) is 1. The van der Waals surface area contributed by atoms with Gasteiger partial charge >= 0.3 is 0 Å². The number of hydrogen-bond donors (Lipinski definition) is 1. The zero-order chi connectivity index (χ0) is 20.3. The van der Waals surface area contributed by atoms with Gasteiger partial charge in [-0.25, -0.2) is 0 Å². The summed E-state index contributed by atoms with van der Waals surface area (Å²) >= 11 is 0. The Hall–Kier alpha value is -2.83. The van der Waals surface area contributed by atoms with E-state index in [1.807, 2.05) is 42.6 Å². The highest BCUT2D eigenvalue weighted by Gasteiger charge is 2.28. The predicted octanol–water partition coefficient (Wildman–Crippen LogP) is 3.31. The zero-order valence-electron chi connectivity index (χ0n) is 17.0. The van der Waals surface area contributed by atoms with Crippen molar-refractivity contribution in [1.29, 1.82) is 0 Å². The van der Waals surface area contributed by atoms with Crippen LogP contribution in [0.25, 0.3) is 10.9 Å². The lowest BCUT2D eigenvalue weighted by molar-refractivity contribution is 0.0161. The van der Waals surface area contributed by atoms with Crippen LogP contribution in [-0.4, -0.2) is 53.6 Å². The molecule has 6 heteroatoms. The summed E-state index contributed by atoms with van der Waals surface area (Å²) in [5.41, 5.74) is 3.76. The molecule has 1 atom stereocenters. The van der Waals surface area contributed by atoms with Gasteiger partial charge in [-0.15, -0.1) is 0 Å². The van der Waals surface area contributed by atoms with E-state index in [0.717, 1.165) is 53.7 Å². The van der Waals surface area contributed by atoms with E-state index >= 15 is 0 Å². The summed E-state index contributed by atoms with van der Waals surface area (Å²) in [7, 11) is 0. The molecule has 2 fully saturated rings. The maximum absolute atomic E-state index is 13.3. The van der Waals surface area contributed by atoms with E-state index in [1.165, 1.54) is 0 Å². The largest absolute Gasteiger partial charge is 0.379 e. The lowest BCUT2D eigenvalue weighted by Crippen LogP contribution is -2.43. The van der Waals surface area contributed by atoms with Crippen LogP contribution in [0.1, 0.15) is 46.4 Å². The van der Waals surface area contributed by atoms with Crippen molar-refractivity contribution in [2.75, 3.05) is 32.8 Å². The van der Waals surface area contributed by atoms with Crippen LogP contribution in [0.5, 0.6) is 0 Å². The summed E-state index contributed by atoms with van der Waals surface area (Å²) < 4.78 is 5.52. The van der Waals surface area contributed by atoms with Crippen molar-refractivity contribution < 1.29 is 9.53 Å². The topological polar surface area (TPSA) is 67.4 Å². The number of nitrogens with zero attached hydrogens (tertiary/aromatic N) is 3. The van der Waals surface area contributed by atoms with Gasteiger partial charge in [0, 0.05) is 49.0 Å². The molecule has 154 valence electrons. The van der Waals surface area contributed by atoms with Gasteiger partial charge in [0.2, 0.25) is 0 Å². The molecule has 3 heterocycles. The van der Waals surface area contributed by atoms with Crippen molar-refractivity contribution in [2.45, 2.75) is 24.8 Å². The van der Waals surface area contributed by atoms with Crippen LogP contribution in [0.3, 0.4) is 0 Å². The van der Waals surface area contributed by atoms with Crippen LogP contribution in [0, 0.1) is 0 Å². The highest BCUT2D eigenvalue weighted by molar-refractivity contribution is 6.06. The van der Waals surface area contributed by atoms with Crippen LogP contribution in [0.2, 0.25) is 0 Å². The minimum absolute atomic E-state index is 0.0438. The van der Waals surface area contributed by atoms with Crippen molar-refractivity contribution in [1.82, 2.24) is 20.2 Å². The lowest BCUT2D eigenvalue weighted by Gasteiger charge is -2.34. The first-order chi connectivity index (χ1) is 14.8. The standard InChI is InChI=1S/C24H26N4O2/c29-24(20-14-22(17-7-8-17)27-21-6-2-1-5-19(20)21)26-16-23(18-4-3-9-25-15-18)28-10-12-30-13-11-28/h1-6,9,14-15,17,23H,7-8,10-13,16H2,(H,26,29). The van der Waals surface area contributed by atoms with Gasteiger partial charge in [-0.05, 0) is 36.6 Å². The molecule has 2 aromatic heterocycles. The SMILES string of the molecule is O=C(NCC(c1cccnc1)N1CCOCC1)c1cc(C2CC2)nc2ccccc12. The summed E-state index contributed by atoms with van der Waals surface area (Å²) in [6.07, 6.45) is 5.99. The van der Waals surface area contributed by atoms with E-state index in [2.05, 4.69) is 21.3 Å². The third-order valence-corrected chi connectivity index (χ3v) is 5.99. The Morgan fingerprint density at radius 3 is 2.77 bits per heavy atom. The van der Waals surface area contributed by atoms with Crippen LogP contribution >= 0.6 is 0 Å². The molecule has 3 aromatic rings. The van der Waals surface area contributed by atoms with Crippen LogP contribution in [0.4, 0.5) is 0 Å². The average Bonchev–Trinajstić information content (AvgIpc) is 3.65. The Morgan fingerprint density at radius 1 is 1.17 bits per heavy atom. The van der Waals surface area contributed by atoms with E-state index < -0.39 is 0 Å². The molecule has 1 amide bonds. The molecule has 2 aliphatic rings. The number of rotatable bonds is 6. The second-order valence-electron chi connectivity index (χ2n) is 8.05. The number of ether oxygens (including phenoxy) is 1. The maximum atomic E-state index is 13.3. The molecule has 0 bridgehead atoms. The average molecular weight is 402 g/mol. The second kappa shape index (κ2) is 8.50. The molecule has 0 radical (unpaired) electrons. The molecule has 1 aliphatic heterocycles.